The molecule has 0 aromatic rings. The third-order valence-electron chi connectivity index (χ3n) is 3.90. The number of hydrogen-bond donors (Lipinski definition) is 1. The third-order valence-corrected chi connectivity index (χ3v) is 3.90. The molecule has 1 saturated heterocycles. The van der Waals surface area contributed by atoms with Gasteiger partial charge in [0.15, 0.2) is 0 Å². The summed E-state index contributed by atoms with van der Waals surface area (Å²) in [6.45, 7) is 6.07. The van der Waals surface area contributed by atoms with Crippen LogP contribution in [0.5, 0.6) is 0 Å². The van der Waals surface area contributed by atoms with Gasteiger partial charge in [-0.05, 0) is 32.6 Å². The molecule has 1 unspecified atom stereocenters. The van der Waals surface area contributed by atoms with E-state index in [-0.39, 0.29) is 24.5 Å². The largest absolute Gasteiger partial charge is 0.481 e. The van der Waals surface area contributed by atoms with Crippen LogP contribution in [0.2, 0.25) is 0 Å². The topological polar surface area (TPSA) is 70.1 Å². The van der Waals surface area contributed by atoms with Gasteiger partial charge in [-0.1, -0.05) is 0 Å². The summed E-state index contributed by atoms with van der Waals surface area (Å²) in [5.74, 6) is -0.267. The van der Waals surface area contributed by atoms with E-state index in [0.29, 0.717) is 25.7 Å². The number of nitrogens with zero attached hydrogens (tertiary/aromatic N) is 2. The molecule has 1 atom stereocenters. The van der Waals surface area contributed by atoms with Crippen molar-refractivity contribution in [1.29, 1.82) is 0 Å². The van der Waals surface area contributed by atoms with Crippen LogP contribution in [0, 0.1) is 5.92 Å². The molecular weight excluding hydrogens is 260 g/mol. The van der Waals surface area contributed by atoms with Crippen LogP contribution >= 0.6 is 0 Å². The van der Waals surface area contributed by atoms with E-state index >= 15 is 0 Å². The zero-order chi connectivity index (χ0) is 14.7. The number of aliphatic carboxylic acids is 1. The fourth-order valence-electron chi connectivity index (χ4n) is 2.53. The van der Waals surface area contributed by atoms with E-state index in [2.05, 4.69) is 0 Å². The minimum Gasteiger partial charge on any atom is -0.481 e. The fraction of sp³-hybridized carbons (Fsp3) is 0.857. The highest BCUT2D eigenvalue weighted by Crippen LogP contribution is 2.31. The maximum absolute atomic E-state index is 12.7. The van der Waals surface area contributed by atoms with Gasteiger partial charge in [-0.3, -0.25) is 4.79 Å². The highest BCUT2D eigenvalue weighted by atomic mass is 16.5. The number of ether oxygens (including phenoxy) is 1. The molecule has 0 radical (unpaired) electrons. The van der Waals surface area contributed by atoms with Crippen molar-refractivity contribution in [3.05, 3.63) is 0 Å². The van der Waals surface area contributed by atoms with Gasteiger partial charge >= 0.3 is 12.0 Å². The van der Waals surface area contributed by atoms with E-state index in [0.717, 1.165) is 6.54 Å². The fourth-order valence-corrected chi connectivity index (χ4v) is 2.53. The molecule has 114 valence electrons. The summed E-state index contributed by atoms with van der Waals surface area (Å²) in [6.07, 6.45) is 2.33. The van der Waals surface area contributed by atoms with Crippen LogP contribution < -0.4 is 0 Å². The van der Waals surface area contributed by atoms with Crippen molar-refractivity contribution in [2.24, 2.45) is 5.92 Å². The van der Waals surface area contributed by atoms with Crippen LogP contribution in [0.15, 0.2) is 0 Å². The molecule has 1 aliphatic heterocycles. The van der Waals surface area contributed by atoms with E-state index < -0.39 is 5.97 Å². The number of morpholine rings is 1. The summed E-state index contributed by atoms with van der Waals surface area (Å²) in [5.41, 5.74) is 0. The van der Waals surface area contributed by atoms with Crippen LogP contribution in [0.3, 0.4) is 0 Å². The van der Waals surface area contributed by atoms with Gasteiger partial charge in [0.1, 0.15) is 0 Å². The molecule has 2 amide bonds. The lowest BCUT2D eigenvalue weighted by Crippen LogP contribution is -2.56. The van der Waals surface area contributed by atoms with Gasteiger partial charge in [0.2, 0.25) is 0 Å². The Hall–Kier alpha value is -1.30. The number of urea groups is 1. The zero-order valence-electron chi connectivity index (χ0n) is 12.2. The summed E-state index contributed by atoms with van der Waals surface area (Å²) < 4.78 is 5.32. The second-order valence-electron chi connectivity index (χ2n) is 5.99. The summed E-state index contributed by atoms with van der Waals surface area (Å²) in [5, 5.41) is 8.96. The van der Waals surface area contributed by atoms with Gasteiger partial charge in [-0.2, -0.15) is 0 Å². The zero-order valence-corrected chi connectivity index (χ0v) is 12.2. The molecule has 0 aromatic carbocycles. The van der Waals surface area contributed by atoms with Crippen molar-refractivity contribution in [2.45, 2.75) is 45.2 Å². The van der Waals surface area contributed by atoms with Gasteiger partial charge in [-0.25, -0.2) is 4.79 Å². The van der Waals surface area contributed by atoms with Crippen molar-refractivity contribution in [3.63, 3.8) is 0 Å². The molecular formula is C14H24N2O4. The summed E-state index contributed by atoms with van der Waals surface area (Å²) >= 11 is 0. The SMILES string of the molecule is CC(C)N(CC1CC1)C(=O)N1CCOCC1CC(=O)O. The van der Waals surface area contributed by atoms with Crippen molar-refractivity contribution in [1.82, 2.24) is 9.80 Å². The molecule has 2 aliphatic rings. The number of carbonyl (C=O) groups is 2. The number of amides is 2. The van der Waals surface area contributed by atoms with Crippen molar-refractivity contribution in [2.75, 3.05) is 26.3 Å². The van der Waals surface area contributed by atoms with Gasteiger partial charge in [0, 0.05) is 19.1 Å². The first kappa shape index (κ1) is 15.1. The first-order valence-electron chi connectivity index (χ1n) is 7.35. The van der Waals surface area contributed by atoms with Crippen LogP contribution in [0.1, 0.15) is 33.1 Å². The lowest BCUT2D eigenvalue weighted by molar-refractivity contribution is -0.139. The average molecular weight is 284 g/mol. The standard InChI is InChI=1S/C14H24N2O4/c1-10(2)16(8-11-3-4-11)14(19)15-5-6-20-9-12(15)7-13(17)18/h10-12H,3-9H2,1-2H3,(H,17,18). The molecule has 0 bridgehead atoms. The molecule has 1 heterocycles. The maximum Gasteiger partial charge on any atom is 0.320 e. The Morgan fingerprint density at radius 2 is 2.10 bits per heavy atom. The minimum atomic E-state index is -0.892. The van der Waals surface area contributed by atoms with Crippen LogP contribution in [0.4, 0.5) is 4.79 Å². The van der Waals surface area contributed by atoms with E-state index in [1.807, 2.05) is 18.7 Å². The van der Waals surface area contributed by atoms with Gasteiger partial charge < -0.3 is 19.6 Å². The molecule has 2 rings (SSSR count). The van der Waals surface area contributed by atoms with E-state index in [9.17, 15) is 9.59 Å². The van der Waals surface area contributed by atoms with Gasteiger partial charge in [0.05, 0.1) is 25.7 Å². The molecule has 0 spiro atoms. The maximum atomic E-state index is 12.7. The van der Waals surface area contributed by atoms with Crippen LogP contribution in [-0.4, -0.2) is 65.3 Å². The number of hydrogen-bond acceptors (Lipinski definition) is 3. The van der Waals surface area contributed by atoms with Crippen molar-refractivity contribution in [3.8, 4) is 0 Å². The average Bonchev–Trinajstić information content (AvgIpc) is 3.18. The lowest BCUT2D eigenvalue weighted by Gasteiger charge is -2.39. The van der Waals surface area contributed by atoms with Crippen molar-refractivity contribution >= 4 is 12.0 Å². The lowest BCUT2D eigenvalue weighted by atomic mass is 10.1. The van der Waals surface area contributed by atoms with Gasteiger partial charge in [-0.15, -0.1) is 0 Å². The molecule has 20 heavy (non-hydrogen) atoms. The normalized spacial score (nSPS) is 22.9. The summed E-state index contributed by atoms with van der Waals surface area (Å²) in [7, 11) is 0. The number of carboxylic acid groups (broad SMARTS) is 1. The number of carbonyl (C=O) groups excluding carboxylic acids is 1. The molecule has 1 aliphatic carbocycles. The highest BCUT2D eigenvalue weighted by molar-refractivity contribution is 5.76. The predicted octanol–water partition coefficient (Wildman–Crippen LogP) is 1.40. The smallest absolute Gasteiger partial charge is 0.320 e. The minimum absolute atomic E-state index is 0.0403. The first-order chi connectivity index (χ1) is 9.49. The number of rotatable bonds is 5. The Balaban J connectivity index is 2.03. The Bertz CT molecular complexity index is 368. The molecule has 1 N–H and O–H groups in total. The Kier molecular flexibility index (Phi) is 4.86. The second kappa shape index (κ2) is 6.43. The Labute approximate surface area is 119 Å². The molecule has 6 heteroatoms. The van der Waals surface area contributed by atoms with Gasteiger partial charge in [0.25, 0.3) is 0 Å². The summed E-state index contributed by atoms with van der Waals surface area (Å²) in [4.78, 5) is 27.2. The van der Waals surface area contributed by atoms with E-state index in [1.54, 1.807) is 4.90 Å². The van der Waals surface area contributed by atoms with Crippen LogP contribution in [-0.2, 0) is 9.53 Å². The molecule has 6 nitrogen and oxygen atoms in total. The van der Waals surface area contributed by atoms with E-state index in [4.69, 9.17) is 9.84 Å². The Morgan fingerprint density at radius 3 is 2.65 bits per heavy atom. The van der Waals surface area contributed by atoms with Crippen molar-refractivity contribution < 1.29 is 19.4 Å². The monoisotopic (exact) mass is 284 g/mol. The Morgan fingerprint density at radius 1 is 1.40 bits per heavy atom. The first-order valence-corrected chi connectivity index (χ1v) is 7.35. The quantitative estimate of drug-likeness (QED) is 0.828. The van der Waals surface area contributed by atoms with Crippen LogP contribution in [0.25, 0.3) is 0 Å². The second-order valence-corrected chi connectivity index (χ2v) is 5.99. The highest BCUT2D eigenvalue weighted by Gasteiger charge is 2.35. The molecule has 2 fully saturated rings. The third kappa shape index (κ3) is 3.85. The molecule has 0 aromatic heterocycles. The van der Waals surface area contributed by atoms with E-state index in [1.165, 1.54) is 12.8 Å². The molecule has 1 saturated carbocycles. The number of carboxylic acids is 1. The predicted molar refractivity (Wildman–Crippen MR) is 73.5 cm³/mol. The summed E-state index contributed by atoms with van der Waals surface area (Å²) in [6, 6.07) is -0.257.